The molecular formula is C33H45N3O4. The zero-order valence-electron chi connectivity index (χ0n) is 25.5. The van der Waals surface area contributed by atoms with Gasteiger partial charge in [0.25, 0.3) is 0 Å². The molecule has 0 spiro atoms. The summed E-state index contributed by atoms with van der Waals surface area (Å²) in [6, 6.07) is 13.4. The molecule has 40 heavy (non-hydrogen) atoms. The highest BCUT2D eigenvalue weighted by atomic mass is 16.5. The largest absolute Gasteiger partial charge is 0.507 e. The second kappa shape index (κ2) is 12.3. The van der Waals surface area contributed by atoms with E-state index in [0.29, 0.717) is 30.0 Å². The predicted molar refractivity (Wildman–Crippen MR) is 159 cm³/mol. The maximum Gasteiger partial charge on any atom is 0.356 e. The number of phenols is 1. The van der Waals surface area contributed by atoms with Gasteiger partial charge in [0, 0.05) is 29.4 Å². The molecule has 0 aliphatic heterocycles. The molecule has 3 aromatic rings. The number of aromatic nitrogens is 2. The standard InChI is InChI=1S/C33H45N3O4/c1-10-40-30(39)27-20-35(31(34-18-22(2)3)36(27)19-23-14-12-11-13-15-23)21-28(37)24-16-25(32(4,5)6)29(38)26(17-24)33(7,8)9/h11-17,20,22,38H,10,18-19,21H2,1-9H3. The summed E-state index contributed by atoms with van der Waals surface area (Å²) in [6.45, 7) is 19.2. The summed E-state index contributed by atoms with van der Waals surface area (Å²) in [7, 11) is 0. The number of carbonyl (C=O) groups is 2. The molecule has 0 aliphatic rings. The van der Waals surface area contributed by atoms with Crippen LogP contribution in [0.2, 0.25) is 0 Å². The number of nitrogens with zero attached hydrogens (tertiary/aromatic N) is 3. The maximum atomic E-state index is 13.9. The molecule has 0 fully saturated rings. The van der Waals surface area contributed by atoms with E-state index < -0.39 is 5.97 Å². The van der Waals surface area contributed by atoms with Crippen molar-refractivity contribution in [2.24, 2.45) is 10.9 Å². The van der Waals surface area contributed by atoms with Crippen LogP contribution in [0.3, 0.4) is 0 Å². The van der Waals surface area contributed by atoms with E-state index in [1.807, 2.05) is 76.4 Å². The third kappa shape index (κ3) is 7.32. The monoisotopic (exact) mass is 547 g/mol. The van der Waals surface area contributed by atoms with Crippen LogP contribution in [0, 0.1) is 5.92 Å². The number of phenolic OH excluding ortho intramolecular Hbond substituents is 1. The summed E-state index contributed by atoms with van der Waals surface area (Å²) in [5.74, 6) is -0.0685. The Hall–Kier alpha value is -3.61. The minimum atomic E-state index is -0.458. The van der Waals surface area contributed by atoms with Crippen LogP contribution in [0.25, 0.3) is 0 Å². The Morgan fingerprint density at radius 2 is 1.55 bits per heavy atom. The fraction of sp³-hybridized carbons (Fsp3) is 0.485. The summed E-state index contributed by atoms with van der Waals surface area (Å²) in [5.41, 5.74) is 3.15. The summed E-state index contributed by atoms with van der Waals surface area (Å²) >= 11 is 0. The van der Waals surface area contributed by atoms with Gasteiger partial charge in [0.15, 0.2) is 5.78 Å². The number of benzene rings is 2. The van der Waals surface area contributed by atoms with E-state index >= 15 is 0 Å². The number of carbonyl (C=O) groups excluding carboxylic acids is 2. The van der Waals surface area contributed by atoms with E-state index in [1.54, 1.807) is 29.8 Å². The quantitative estimate of drug-likeness (QED) is 0.253. The number of ketones is 1. The molecule has 0 bridgehead atoms. The van der Waals surface area contributed by atoms with Crippen LogP contribution in [0.15, 0.2) is 53.7 Å². The lowest BCUT2D eigenvalue weighted by molar-refractivity contribution is 0.0513. The topological polar surface area (TPSA) is 85.8 Å². The normalized spacial score (nSPS) is 12.7. The molecule has 1 heterocycles. The maximum absolute atomic E-state index is 13.9. The smallest absolute Gasteiger partial charge is 0.356 e. The number of imidazole rings is 1. The van der Waals surface area contributed by atoms with Crippen LogP contribution in [-0.4, -0.2) is 39.1 Å². The first kappa shape index (κ1) is 30.9. The average molecular weight is 548 g/mol. The first-order valence-corrected chi connectivity index (χ1v) is 14.1. The SMILES string of the molecule is CCOC(=O)c1cn(CC(=O)c2cc(C(C)(C)C)c(O)c(C(C)(C)C)c2)c(=NCC(C)C)n1Cc1ccccc1. The second-order valence-electron chi connectivity index (χ2n) is 12.8. The van der Waals surface area contributed by atoms with Gasteiger partial charge in [-0.05, 0) is 41.4 Å². The van der Waals surface area contributed by atoms with Crippen molar-refractivity contribution in [2.45, 2.75) is 86.2 Å². The van der Waals surface area contributed by atoms with Crippen LogP contribution < -0.4 is 5.62 Å². The van der Waals surface area contributed by atoms with E-state index in [1.165, 1.54) is 0 Å². The molecule has 1 N–H and O–H groups in total. The third-order valence-electron chi connectivity index (χ3n) is 6.70. The molecule has 0 radical (unpaired) electrons. The zero-order valence-corrected chi connectivity index (χ0v) is 25.5. The Balaban J connectivity index is 2.19. The summed E-state index contributed by atoms with van der Waals surface area (Å²) in [4.78, 5) is 31.8. The molecule has 0 amide bonds. The highest BCUT2D eigenvalue weighted by Gasteiger charge is 2.28. The Morgan fingerprint density at radius 1 is 0.975 bits per heavy atom. The molecule has 1 aromatic heterocycles. The van der Waals surface area contributed by atoms with Gasteiger partial charge in [0.2, 0.25) is 5.62 Å². The van der Waals surface area contributed by atoms with E-state index in [-0.39, 0.29) is 41.4 Å². The zero-order chi connectivity index (χ0) is 29.8. The van der Waals surface area contributed by atoms with Gasteiger partial charge in [0.05, 0.1) is 19.7 Å². The van der Waals surface area contributed by atoms with Gasteiger partial charge >= 0.3 is 5.97 Å². The first-order chi connectivity index (χ1) is 18.6. The molecule has 2 aromatic carbocycles. The Kier molecular flexibility index (Phi) is 9.49. The molecule has 0 atom stereocenters. The van der Waals surface area contributed by atoms with E-state index in [2.05, 4.69) is 13.8 Å². The molecule has 3 rings (SSSR count). The lowest BCUT2D eigenvalue weighted by Gasteiger charge is -2.28. The molecule has 0 saturated carbocycles. The van der Waals surface area contributed by atoms with Crippen molar-refractivity contribution >= 4 is 11.8 Å². The minimum absolute atomic E-state index is 0.0108. The lowest BCUT2D eigenvalue weighted by Crippen LogP contribution is -2.31. The molecular weight excluding hydrogens is 502 g/mol. The van der Waals surface area contributed by atoms with Gasteiger partial charge in [-0.15, -0.1) is 0 Å². The number of aromatic hydroxyl groups is 1. The van der Waals surface area contributed by atoms with Crippen molar-refractivity contribution in [1.82, 2.24) is 9.13 Å². The number of hydrogen-bond acceptors (Lipinski definition) is 5. The van der Waals surface area contributed by atoms with E-state index in [9.17, 15) is 14.7 Å². The van der Waals surface area contributed by atoms with Crippen molar-refractivity contribution in [3.05, 3.63) is 82.2 Å². The van der Waals surface area contributed by atoms with Gasteiger partial charge in [-0.2, -0.15) is 0 Å². The van der Waals surface area contributed by atoms with Gasteiger partial charge in [-0.25, -0.2) is 4.79 Å². The molecule has 0 aliphatic carbocycles. The first-order valence-electron chi connectivity index (χ1n) is 14.1. The second-order valence-corrected chi connectivity index (χ2v) is 12.8. The highest BCUT2D eigenvalue weighted by molar-refractivity contribution is 5.97. The van der Waals surface area contributed by atoms with Crippen LogP contribution in [0.1, 0.15) is 99.9 Å². The van der Waals surface area contributed by atoms with Crippen molar-refractivity contribution in [3.63, 3.8) is 0 Å². The summed E-state index contributed by atoms with van der Waals surface area (Å²) in [5, 5.41) is 11.1. The van der Waals surface area contributed by atoms with Gasteiger partial charge in [-0.1, -0.05) is 85.7 Å². The lowest BCUT2D eigenvalue weighted by atomic mass is 9.78. The molecule has 7 nitrogen and oxygen atoms in total. The van der Waals surface area contributed by atoms with Gasteiger partial charge in [0.1, 0.15) is 11.4 Å². The molecule has 216 valence electrons. The fourth-order valence-electron chi connectivity index (χ4n) is 4.57. The fourth-order valence-corrected chi connectivity index (χ4v) is 4.57. The Bertz CT molecular complexity index is 1380. The molecule has 7 heteroatoms. The summed E-state index contributed by atoms with van der Waals surface area (Å²) < 4.78 is 8.97. The third-order valence-corrected chi connectivity index (χ3v) is 6.70. The van der Waals surface area contributed by atoms with Crippen LogP contribution >= 0.6 is 0 Å². The summed E-state index contributed by atoms with van der Waals surface area (Å²) in [6.07, 6.45) is 1.67. The Morgan fingerprint density at radius 3 is 2.05 bits per heavy atom. The van der Waals surface area contributed by atoms with Crippen molar-refractivity contribution in [3.8, 4) is 5.75 Å². The number of rotatable bonds is 9. The highest BCUT2D eigenvalue weighted by Crippen LogP contribution is 2.39. The van der Waals surface area contributed by atoms with Crippen molar-refractivity contribution in [1.29, 1.82) is 0 Å². The molecule has 0 saturated heterocycles. The number of hydrogen-bond donors (Lipinski definition) is 1. The number of ether oxygens (including phenoxy) is 1. The number of Topliss-reactive ketones (excluding diaryl/α,β-unsaturated/α-hetero) is 1. The number of esters is 1. The van der Waals surface area contributed by atoms with Crippen LogP contribution in [-0.2, 0) is 28.7 Å². The van der Waals surface area contributed by atoms with Gasteiger partial charge in [-0.3, -0.25) is 9.79 Å². The van der Waals surface area contributed by atoms with Gasteiger partial charge < -0.3 is 19.0 Å². The average Bonchev–Trinajstić information content (AvgIpc) is 3.18. The molecule has 0 unspecified atom stereocenters. The predicted octanol–water partition coefficient (Wildman–Crippen LogP) is 6.25. The minimum Gasteiger partial charge on any atom is -0.507 e. The van der Waals surface area contributed by atoms with Crippen LogP contribution in [0.4, 0.5) is 0 Å². The Labute approximate surface area is 238 Å². The van der Waals surface area contributed by atoms with Crippen molar-refractivity contribution in [2.75, 3.05) is 13.2 Å². The van der Waals surface area contributed by atoms with Crippen LogP contribution in [0.5, 0.6) is 5.75 Å². The van der Waals surface area contributed by atoms with E-state index in [0.717, 1.165) is 16.7 Å². The van der Waals surface area contributed by atoms with E-state index in [4.69, 9.17) is 9.73 Å². The van der Waals surface area contributed by atoms with Crippen molar-refractivity contribution < 1.29 is 19.4 Å².